The van der Waals surface area contributed by atoms with E-state index in [1.807, 2.05) is 39.0 Å². The molecule has 1 atom stereocenters. The summed E-state index contributed by atoms with van der Waals surface area (Å²) in [4.78, 5) is 30.1. The molecule has 5 nitrogen and oxygen atoms in total. The standard InChI is InChI=1S/C22H29N3O2S/c1-15(2)25-21(27)18-11-7-8-12-19(18)24-22(25)28-16(3)20(26)23-14-13-17-9-5-4-6-10-17/h7-9,11-12,15-16H,4-6,10,13-14H2,1-3H3,(H,23,26)/t16-/m1/s1. The van der Waals surface area contributed by atoms with Crippen LogP contribution in [0.25, 0.3) is 10.9 Å². The Morgan fingerprint density at radius 3 is 2.75 bits per heavy atom. The Morgan fingerprint density at radius 1 is 1.25 bits per heavy atom. The topological polar surface area (TPSA) is 64.0 Å². The lowest BCUT2D eigenvalue weighted by Crippen LogP contribution is -2.33. The van der Waals surface area contributed by atoms with Crippen LogP contribution in [0.2, 0.25) is 0 Å². The summed E-state index contributed by atoms with van der Waals surface area (Å²) in [5, 5.41) is 3.92. The molecule has 1 heterocycles. The minimum atomic E-state index is -0.321. The van der Waals surface area contributed by atoms with Gasteiger partial charge < -0.3 is 5.32 Å². The fraction of sp³-hybridized carbons (Fsp3) is 0.500. The van der Waals surface area contributed by atoms with Crippen LogP contribution >= 0.6 is 11.8 Å². The molecule has 0 fully saturated rings. The Hall–Kier alpha value is -2.08. The number of nitrogens with one attached hydrogen (secondary N) is 1. The molecule has 1 aliphatic carbocycles. The zero-order valence-electron chi connectivity index (χ0n) is 16.9. The van der Waals surface area contributed by atoms with E-state index in [1.165, 1.54) is 30.2 Å². The number of hydrogen-bond donors (Lipinski definition) is 1. The highest BCUT2D eigenvalue weighted by Crippen LogP contribution is 2.25. The number of rotatable bonds is 7. The van der Waals surface area contributed by atoms with Gasteiger partial charge in [0, 0.05) is 12.6 Å². The molecule has 28 heavy (non-hydrogen) atoms. The molecule has 0 saturated carbocycles. The van der Waals surface area contributed by atoms with E-state index in [1.54, 1.807) is 10.6 Å². The Bertz CT molecular complexity index is 933. The number of amides is 1. The third-order valence-corrected chi connectivity index (χ3v) is 6.14. The molecule has 150 valence electrons. The van der Waals surface area contributed by atoms with Gasteiger partial charge in [0.15, 0.2) is 5.16 Å². The van der Waals surface area contributed by atoms with Gasteiger partial charge in [-0.25, -0.2) is 4.98 Å². The summed E-state index contributed by atoms with van der Waals surface area (Å²) in [6.45, 7) is 6.46. The van der Waals surface area contributed by atoms with Gasteiger partial charge in [-0.05, 0) is 65.0 Å². The molecule has 2 aromatic rings. The number of thioether (sulfide) groups is 1. The van der Waals surface area contributed by atoms with Gasteiger partial charge in [0.2, 0.25) is 5.91 Å². The second-order valence-electron chi connectivity index (χ2n) is 7.59. The molecule has 0 spiro atoms. The minimum absolute atomic E-state index is 0.0147. The Labute approximate surface area is 170 Å². The summed E-state index contributed by atoms with van der Waals surface area (Å²) in [7, 11) is 0. The fourth-order valence-corrected chi connectivity index (χ4v) is 4.56. The zero-order chi connectivity index (χ0) is 20.1. The van der Waals surface area contributed by atoms with E-state index in [0.717, 1.165) is 19.3 Å². The highest BCUT2D eigenvalue weighted by atomic mass is 32.2. The Balaban J connectivity index is 1.70. The van der Waals surface area contributed by atoms with Crippen LogP contribution in [0.5, 0.6) is 0 Å². The number of hydrogen-bond acceptors (Lipinski definition) is 4. The quantitative estimate of drug-likeness (QED) is 0.424. The first-order chi connectivity index (χ1) is 13.5. The lowest BCUT2D eigenvalue weighted by molar-refractivity contribution is -0.120. The maximum Gasteiger partial charge on any atom is 0.262 e. The molecule has 1 amide bonds. The van der Waals surface area contributed by atoms with Crippen molar-refractivity contribution in [3.8, 4) is 0 Å². The van der Waals surface area contributed by atoms with E-state index < -0.39 is 0 Å². The predicted octanol–water partition coefficient (Wildman–Crippen LogP) is 4.46. The first-order valence-electron chi connectivity index (χ1n) is 10.1. The number of benzene rings is 1. The average Bonchev–Trinajstić information content (AvgIpc) is 2.68. The van der Waals surface area contributed by atoms with Crippen molar-refractivity contribution in [1.82, 2.24) is 14.9 Å². The van der Waals surface area contributed by atoms with E-state index in [9.17, 15) is 9.59 Å². The molecule has 3 rings (SSSR count). The highest BCUT2D eigenvalue weighted by Gasteiger charge is 2.20. The fourth-order valence-electron chi connectivity index (χ4n) is 3.50. The molecule has 0 bridgehead atoms. The van der Waals surface area contributed by atoms with E-state index in [-0.39, 0.29) is 22.8 Å². The molecule has 0 radical (unpaired) electrons. The van der Waals surface area contributed by atoms with Crippen LogP contribution in [0, 0.1) is 0 Å². The van der Waals surface area contributed by atoms with Crippen molar-refractivity contribution in [3.63, 3.8) is 0 Å². The zero-order valence-corrected chi connectivity index (χ0v) is 17.7. The maximum absolute atomic E-state index is 12.9. The minimum Gasteiger partial charge on any atom is -0.355 e. The number of carbonyl (C=O) groups is 1. The molecule has 0 saturated heterocycles. The van der Waals surface area contributed by atoms with Crippen LogP contribution in [-0.4, -0.2) is 27.3 Å². The molecule has 0 unspecified atom stereocenters. The number of carbonyl (C=O) groups excluding carboxylic acids is 1. The third-order valence-electron chi connectivity index (χ3n) is 5.07. The van der Waals surface area contributed by atoms with Crippen LogP contribution in [0.3, 0.4) is 0 Å². The van der Waals surface area contributed by atoms with Crippen LogP contribution < -0.4 is 10.9 Å². The van der Waals surface area contributed by atoms with Gasteiger partial charge in [-0.15, -0.1) is 0 Å². The second kappa shape index (κ2) is 9.41. The predicted molar refractivity (Wildman–Crippen MR) is 116 cm³/mol. The molecular formula is C22H29N3O2S. The van der Waals surface area contributed by atoms with Crippen LogP contribution in [0.15, 0.2) is 45.9 Å². The third kappa shape index (κ3) is 4.85. The van der Waals surface area contributed by atoms with Crippen molar-refractivity contribution < 1.29 is 4.79 Å². The van der Waals surface area contributed by atoms with E-state index in [2.05, 4.69) is 16.4 Å². The highest BCUT2D eigenvalue weighted by molar-refractivity contribution is 8.00. The molecule has 6 heteroatoms. The molecule has 1 aromatic carbocycles. The number of fused-ring (bicyclic) bond motifs is 1. The van der Waals surface area contributed by atoms with Gasteiger partial charge in [0.05, 0.1) is 16.2 Å². The van der Waals surface area contributed by atoms with Gasteiger partial charge >= 0.3 is 0 Å². The summed E-state index contributed by atoms with van der Waals surface area (Å²) in [6.07, 6.45) is 8.09. The van der Waals surface area contributed by atoms with Crippen LogP contribution in [-0.2, 0) is 4.79 Å². The molecule has 0 aliphatic heterocycles. The molecular weight excluding hydrogens is 370 g/mol. The van der Waals surface area contributed by atoms with Gasteiger partial charge in [-0.1, -0.05) is 35.5 Å². The lowest BCUT2D eigenvalue weighted by Gasteiger charge is -2.19. The molecule has 1 N–H and O–H groups in total. The SMILES string of the molecule is CC(C)n1c(S[C@H](C)C(=O)NCCC2=CCCCC2)nc2ccccc2c1=O. The van der Waals surface area contributed by atoms with Crippen molar-refractivity contribution in [1.29, 1.82) is 0 Å². The van der Waals surface area contributed by atoms with E-state index in [4.69, 9.17) is 0 Å². The van der Waals surface area contributed by atoms with Crippen molar-refractivity contribution in [2.24, 2.45) is 0 Å². The summed E-state index contributed by atoms with van der Waals surface area (Å²) in [5.41, 5.74) is 2.07. The van der Waals surface area contributed by atoms with Gasteiger partial charge in [0.25, 0.3) is 5.56 Å². The number of allylic oxidation sites excluding steroid dienone is 1. The normalized spacial score (nSPS) is 15.5. The van der Waals surface area contributed by atoms with E-state index in [0.29, 0.717) is 22.6 Å². The first kappa shape index (κ1) is 20.6. The Kier molecular flexibility index (Phi) is 6.94. The molecule has 1 aromatic heterocycles. The van der Waals surface area contributed by atoms with E-state index >= 15 is 0 Å². The summed E-state index contributed by atoms with van der Waals surface area (Å²) >= 11 is 1.35. The van der Waals surface area contributed by atoms with Gasteiger partial charge in [-0.2, -0.15) is 0 Å². The second-order valence-corrected chi connectivity index (χ2v) is 8.90. The van der Waals surface area contributed by atoms with Crippen molar-refractivity contribution >= 4 is 28.6 Å². The first-order valence-corrected chi connectivity index (χ1v) is 11.0. The van der Waals surface area contributed by atoms with Crippen molar-refractivity contribution in [2.45, 2.75) is 69.3 Å². The monoisotopic (exact) mass is 399 g/mol. The van der Waals surface area contributed by atoms with Crippen LogP contribution in [0.1, 0.15) is 58.9 Å². The summed E-state index contributed by atoms with van der Waals surface area (Å²) < 4.78 is 1.68. The van der Waals surface area contributed by atoms with Crippen molar-refractivity contribution in [3.05, 3.63) is 46.3 Å². The maximum atomic E-state index is 12.9. The average molecular weight is 400 g/mol. The number of aromatic nitrogens is 2. The summed E-state index contributed by atoms with van der Waals surface area (Å²) in [6, 6.07) is 7.34. The van der Waals surface area contributed by atoms with Gasteiger partial charge in [-0.3, -0.25) is 14.2 Å². The summed E-state index contributed by atoms with van der Waals surface area (Å²) in [5.74, 6) is -0.0147. The largest absolute Gasteiger partial charge is 0.355 e. The Morgan fingerprint density at radius 2 is 2.04 bits per heavy atom. The van der Waals surface area contributed by atoms with Crippen LogP contribution in [0.4, 0.5) is 0 Å². The smallest absolute Gasteiger partial charge is 0.262 e. The number of nitrogens with zero attached hydrogens (tertiary/aromatic N) is 2. The van der Waals surface area contributed by atoms with Gasteiger partial charge in [0.1, 0.15) is 0 Å². The molecule has 1 aliphatic rings. The van der Waals surface area contributed by atoms with Crippen molar-refractivity contribution in [2.75, 3.05) is 6.54 Å². The number of para-hydroxylation sites is 1. The lowest BCUT2D eigenvalue weighted by atomic mass is 9.97.